The topological polar surface area (TPSA) is 98.7 Å². The standard InChI is InChI=1S/C26H22F3N3O4/c1-15-10-19(26(27,28)29)13-21(11-15)31-25(36)30-20-5-2-16(3-6-20)17-4-7-22-18(12-17)8-9-32(24(22)35)14-23(33)34/h2-7,10-13H,8-9,14H2,1H3,(H,33,34)(H2,30,31,36). The number of carboxylic acids is 1. The largest absolute Gasteiger partial charge is 0.480 e. The summed E-state index contributed by atoms with van der Waals surface area (Å²) in [7, 11) is 0. The predicted molar refractivity (Wildman–Crippen MR) is 128 cm³/mol. The van der Waals surface area contributed by atoms with Crippen LogP contribution in [0.5, 0.6) is 0 Å². The highest BCUT2D eigenvalue weighted by atomic mass is 19.4. The van der Waals surface area contributed by atoms with Crippen molar-refractivity contribution in [1.29, 1.82) is 0 Å². The van der Waals surface area contributed by atoms with Crippen molar-refractivity contribution >= 4 is 29.3 Å². The van der Waals surface area contributed by atoms with E-state index in [0.29, 0.717) is 29.8 Å². The van der Waals surface area contributed by atoms with Crippen LogP contribution >= 0.6 is 0 Å². The van der Waals surface area contributed by atoms with Crippen LogP contribution in [0.1, 0.15) is 27.0 Å². The van der Waals surface area contributed by atoms with Gasteiger partial charge in [0.2, 0.25) is 0 Å². The van der Waals surface area contributed by atoms with Gasteiger partial charge in [-0.1, -0.05) is 24.3 Å². The molecule has 0 radical (unpaired) electrons. The van der Waals surface area contributed by atoms with E-state index in [0.717, 1.165) is 28.8 Å². The number of benzene rings is 3. The molecular weight excluding hydrogens is 475 g/mol. The van der Waals surface area contributed by atoms with Crippen LogP contribution in [0.3, 0.4) is 0 Å². The van der Waals surface area contributed by atoms with Crippen LogP contribution in [0.2, 0.25) is 0 Å². The fourth-order valence-electron chi connectivity index (χ4n) is 4.09. The van der Waals surface area contributed by atoms with Crippen LogP contribution < -0.4 is 10.6 Å². The maximum absolute atomic E-state index is 13.0. The molecule has 186 valence electrons. The number of aryl methyl sites for hydroxylation is 1. The Kier molecular flexibility index (Phi) is 6.69. The Labute approximate surface area is 204 Å². The molecule has 0 unspecified atom stereocenters. The Morgan fingerprint density at radius 2 is 1.61 bits per heavy atom. The second kappa shape index (κ2) is 9.73. The lowest BCUT2D eigenvalue weighted by Crippen LogP contribution is -2.40. The normalized spacial score (nSPS) is 13.2. The number of fused-ring (bicyclic) bond motifs is 1. The molecule has 1 aliphatic rings. The highest BCUT2D eigenvalue weighted by molar-refractivity contribution is 6.00. The number of urea groups is 1. The summed E-state index contributed by atoms with van der Waals surface area (Å²) in [4.78, 5) is 37.1. The first-order valence-corrected chi connectivity index (χ1v) is 11.0. The summed E-state index contributed by atoms with van der Waals surface area (Å²) in [6.07, 6.45) is -3.98. The number of nitrogens with zero attached hydrogens (tertiary/aromatic N) is 1. The zero-order valence-corrected chi connectivity index (χ0v) is 19.1. The summed E-state index contributed by atoms with van der Waals surface area (Å²) in [6, 6.07) is 14.8. The third-order valence-corrected chi connectivity index (χ3v) is 5.74. The van der Waals surface area contributed by atoms with E-state index in [-0.39, 0.29) is 18.1 Å². The molecule has 0 saturated heterocycles. The maximum Gasteiger partial charge on any atom is 0.416 e. The van der Waals surface area contributed by atoms with Crippen molar-refractivity contribution in [3.05, 3.63) is 82.9 Å². The van der Waals surface area contributed by atoms with Gasteiger partial charge in [-0.2, -0.15) is 13.2 Å². The molecule has 1 aliphatic heterocycles. The van der Waals surface area contributed by atoms with E-state index in [1.165, 1.54) is 17.9 Å². The molecule has 0 saturated carbocycles. The monoisotopic (exact) mass is 497 g/mol. The lowest BCUT2D eigenvalue weighted by Gasteiger charge is -2.27. The molecule has 10 heteroatoms. The van der Waals surface area contributed by atoms with Crippen molar-refractivity contribution < 1.29 is 32.7 Å². The van der Waals surface area contributed by atoms with E-state index in [4.69, 9.17) is 5.11 Å². The number of nitrogens with one attached hydrogen (secondary N) is 2. The SMILES string of the molecule is Cc1cc(NC(=O)Nc2ccc(-c3ccc4c(c3)CCN(CC(=O)O)C4=O)cc2)cc(C(F)(F)F)c1. The molecule has 7 nitrogen and oxygen atoms in total. The van der Waals surface area contributed by atoms with Gasteiger partial charge >= 0.3 is 18.2 Å². The number of anilines is 2. The number of alkyl halides is 3. The first-order valence-electron chi connectivity index (χ1n) is 11.0. The molecule has 36 heavy (non-hydrogen) atoms. The fourth-order valence-corrected chi connectivity index (χ4v) is 4.09. The zero-order chi connectivity index (χ0) is 26.0. The van der Waals surface area contributed by atoms with E-state index in [1.54, 1.807) is 36.4 Å². The lowest BCUT2D eigenvalue weighted by molar-refractivity contribution is -0.138. The van der Waals surface area contributed by atoms with Gasteiger partial charge in [0.1, 0.15) is 6.54 Å². The molecule has 0 aromatic heterocycles. The van der Waals surface area contributed by atoms with Gasteiger partial charge in [0.15, 0.2) is 0 Å². The van der Waals surface area contributed by atoms with Gasteiger partial charge in [-0.05, 0) is 72.0 Å². The van der Waals surface area contributed by atoms with Gasteiger partial charge in [-0.25, -0.2) is 4.79 Å². The summed E-state index contributed by atoms with van der Waals surface area (Å²) in [5.41, 5.74) is 2.98. The number of carbonyl (C=O) groups is 3. The molecule has 1 heterocycles. The molecule has 0 spiro atoms. The fraction of sp³-hybridized carbons (Fsp3) is 0.192. The first kappa shape index (κ1) is 24.8. The van der Waals surface area contributed by atoms with Crippen molar-refractivity contribution in [2.45, 2.75) is 19.5 Å². The highest BCUT2D eigenvalue weighted by Crippen LogP contribution is 2.32. The molecule has 0 fully saturated rings. The van der Waals surface area contributed by atoms with Crippen molar-refractivity contribution in [2.24, 2.45) is 0 Å². The third-order valence-electron chi connectivity index (χ3n) is 5.74. The summed E-state index contributed by atoms with van der Waals surface area (Å²) < 4.78 is 39.0. The van der Waals surface area contributed by atoms with E-state index >= 15 is 0 Å². The molecule has 3 aromatic rings. The Hall–Kier alpha value is -4.34. The number of hydrogen-bond acceptors (Lipinski definition) is 3. The second-order valence-corrected chi connectivity index (χ2v) is 8.48. The van der Waals surface area contributed by atoms with Gasteiger partial charge in [-0.15, -0.1) is 0 Å². The Bertz CT molecular complexity index is 1340. The number of rotatable bonds is 5. The van der Waals surface area contributed by atoms with Gasteiger partial charge in [0.05, 0.1) is 5.56 Å². The van der Waals surface area contributed by atoms with Gasteiger partial charge in [0, 0.05) is 23.5 Å². The maximum atomic E-state index is 13.0. The molecule has 3 N–H and O–H groups in total. The number of halogens is 3. The molecular formula is C26H22F3N3O4. The summed E-state index contributed by atoms with van der Waals surface area (Å²) in [5.74, 6) is -1.37. The van der Waals surface area contributed by atoms with Gasteiger partial charge in [0.25, 0.3) is 5.91 Å². The summed E-state index contributed by atoms with van der Waals surface area (Å²) in [5, 5.41) is 14.0. The van der Waals surface area contributed by atoms with Crippen LogP contribution in [0.4, 0.5) is 29.3 Å². The van der Waals surface area contributed by atoms with E-state index < -0.39 is 23.7 Å². The highest BCUT2D eigenvalue weighted by Gasteiger charge is 2.31. The minimum atomic E-state index is -4.52. The lowest BCUT2D eigenvalue weighted by atomic mass is 9.94. The van der Waals surface area contributed by atoms with Crippen LogP contribution in [0, 0.1) is 6.92 Å². The molecule has 4 rings (SSSR count). The summed E-state index contributed by atoms with van der Waals surface area (Å²) >= 11 is 0. The van der Waals surface area contributed by atoms with Crippen molar-refractivity contribution in [1.82, 2.24) is 4.90 Å². The molecule has 3 amide bonds. The minimum absolute atomic E-state index is 0.0296. The third kappa shape index (κ3) is 5.65. The van der Waals surface area contributed by atoms with Crippen LogP contribution in [-0.2, 0) is 17.4 Å². The number of hydrogen-bond donors (Lipinski definition) is 3. The quantitative estimate of drug-likeness (QED) is 0.439. The first-order chi connectivity index (χ1) is 17.0. The van der Waals surface area contributed by atoms with Crippen molar-refractivity contribution in [3.63, 3.8) is 0 Å². The Morgan fingerprint density at radius 3 is 2.28 bits per heavy atom. The van der Waals surface area contributed by atoms with Crippen LogP contribution in [0.25, 0.3) is 11.1 Å². The molecule has 0 bridgehead atoms. The molecule has 3 aromatic carbocycles. The summed E-state index contributed by atoms with van der Waals surface area (Å²) in [6.45, 7) is 1.50. The average Bonchev–Trinajstić information content (AvgIpc) is 2.80. The molecule has 0 aliphatic carbocycles. The van der Waals surface area contributed by atoms with Crippen molar-refractivity contribution in [2.75, 3.05) is 23.7 Å². The average molecular weight is 497 g/mol. The smallest absolute Gasteiger partial charge is 0.416 e. The van der Waals surface area contributed by atoms with E-state index in [9.17, 15) is 27.6 Å². The molecule has 0 atom stereocenters. The van der Waals surface area contributed by atoms with Gasteiger partial charge in [-0.3, -0.25) is 9.59 Å². The number of carboxylic acid groups (broad SMARTS) is 1. The number of carbonyl (C=O) groups excluding carboxylic acids is 2. The Morgan fingerprint density at radius 1 is 0.944 bits per heavy atom. The van der Waals surface area contributed by atoms with E-state index in [1.807, 2.05) is 6.07 Å². The van der Waals surface area contributed by atoms with Gasteiger partial charge < -0.3 is 20.6 Å². The van der Waals surface area contributed by atoms with Crippen LogP contribution in [0.15, 0.2) is 60.7 Å². The van der Waals surface area contributed by atoms with Crippen LogP contribution in [-0.4, -0.2) is 41.0 Å². The predicted octanol–water partition coefficient (Wildman–Crippen LogP) is 5.41. The Balaban J connectivity index is 1.43. The number of aliphatic carboxylic acids is 1. The zero-order valence-electron chi connectivity index (χ0n) is 19.1. The minimum Gasteiger partial charge on any atom is -0.480 e. The second-order valence-electron chi connectivity index (χ2n) is 8.48. The van der Waals surface area contributed by atoms with Crippen molar-refractivity contribution in [3.8, 4) is 11.1 Å². The number of amides is 3. The van der Waals surface area contributed by atoms with E-state index in [2.05, 4.69) is 10.6 Å².